The molecule has 0 heterocycles. The molecule has 1 unspecified atom stereocenters. The third-order valence-electron chi connectivity index (χ3n) is 3.97. The molecule has 1 atom stereocenters. The maximum atomic E-state index is 11.6. The van der Waals surface area contributed by atoms with Crippen LogP contribution in [0.5, 0.6) is 0 Å². The van der Waals surface area contributed by atoms with Crippen LogP contribution in [-0.4, -0.2) is 40.7 Å². The Kier molecular flexibility index (Phi) is 16.3. The summed E-state index contributed by atoms with van der Waals surface area (Å²) in [6.07, 6.45) is 11.6. The molecule has 0 saturated carbocycles. The van der Waals surface area contributed by atoms with Crippen LogP contribution in [0, 0.1) is 0 Å². The van der Waals surface area contributed by atoms with E-state index in [2.05, 4.69) is 17.9 Å². The molecule has 0 radical (unpaired) electrons. The Morgan fingerprint density at radius 2 is 1.35 bits per heavy atom. The van der Waals surface area contributed by atoms with Gasteiger partial charge in [0.15, 0.2) is 6.29 Å². The fourth-order valence-electron chi connectivity index (χ4n) is 2.48. The van der Waals surface area contributed by atoms with Crippen LogP contribution < -0.4 is 11.1 Å². The van der Waals surface area contributed by atoms with Crippen molar-refractivity contribution >= 4 is 18.5 Å². The number of amides is 1. The number of nitrogens with one attached hydrogen (secondary N) is 1. The SMILES string of the molecule is NC(CCS)C(=O)NCCCCCCCCCCCCC(O)O. The lowest BCUT2D eigenvalue weighted by Crippen LogP contribution is -2.41. The molecule has 5 nitrogen and oxygen atoms in total. The summed E-state index contributed by atoms with van der Waals surface area (Å²) in [6, 6.07) is -0.423. The standard InChI is InChI=1S/C17H36N2O3S/c18-15(12-14-23)17(22)19-13-10-8-6-4-2-1-3-5-7-9-11-16(20)21/h15-16,20-21,23H,1-14,18H2,(H,19,22). The first-order chi connectivity index (χ1) is 11.1. The van der Waals surface area contributed by atoms with Crippen molar-refractivity contribution in [1.82, 2.24) is 5.32 Å². The highest BCUT2D eigenvalue weighted by Crippen LogP contribution is 2.11. The molecule has 0 aromatic heterocycles. The molecule has 1 amide bonds. The number of thiol groups is 1. The fourth-order valence-corrected chi connectivity index (χ4v) is 2.76. The van der Waals surface area contributed by atoms with Crippen molar-refractivity contribution in [2.45, 2.75) is 89.4 Å². The lowest BCUT2D eigenvalue weighted by atomic mass is 10.1. The summed E-state index contributed by atoms with van der Waals surface area (Å²) >= 11 is 4.07. The van der Waals surface area contributed by atoms with Gasteiger partial charge < -0.3 is 21.3 Å². The number of carbonyl (C=O) groups excluding carboxylic acids is 1. The minimum absolute atomic E-state index is 0.0623. The number of aliphatic hydroxyl groups excluding tert-OH is 1. The Balaban J connectivity index is 3.17. The van der Waals surface area contributed by atoms with Gasteiger partial charge in [-0.1, -0.05) is 51.4 Å². The van der Waals surface area contributed by atoms with Crippen molar-refractivity contribution < 1.29 is 15.0 Å². The summed E-state index contributed by atoms with van der Waals surface area (Å²) in [6.45, 7) is 0.718. The highest BCUT2D eigenvalue weighted by molar-refractivity contribution is 7.80. The molecule has 0 fully saturated rings. The van der Waals surface area contributed by atoms with Crippen LogP contribution in [0.3, 0.4) is 0 Å². The lowest BCUT2D eigenvalue weighted by Gasteiger charge is -2.10. The van der Waals surface area contributed by atoms with Gasteiger partial charge in [0.1, 0.15) is 0 Å². The average molecular weight is 349 g/mol. The van der Waals surface area contributed by atoms with Crippen molar-refractivity contribution in [3.8, 4) is 0 Å². The first-order valence-electron chi connectivity index (χ1n) is 9.08. The number of hydrogen-bond donors (Lipinski definition) is 5. The normalized spacial score (nSPS) is 12.6. The Morgan fingerprint density at radius 3 is 1.83 bits per heavy atom. The molecule has 138 valence electrons. The molecular weight excluding hydrogens is 312 g/mol. The highest BCUT2D eigenvalue weighted by atomic mass is 32.1. The van der Waals surface area contributed by atoms with Crippen LogP contribution in [-0.2, 0) is 4.79 Å². The Hall–Kier alpha value is -0.300. The second-order valence-corrected chi connectivity index (χ2v) is 6.66. The lowest BCUT2D eigenvalue weighted by molar-refractivity contribution is -0.122. The van der Waals surface area contributed by atoms with Gasteiger partial charge in [0, 0.05) is 6.54 Å². The smallest absolute Gasteiger partial charge is 0.236 e. The fraction of sp³-hybridized carbons (Fsp3) is 0.941. The number of nitrogens with two attached hydrogens (primary N) is 1. The third kappa shape index (κ3) is 16.3. The second-order valence-electron chi connectivity index (χ2n) is 6.21. The van der Waals surface area contributed by atoms with E-state index in [9.17, 15) is 4.79 Å². The molecule has 0 bridgehead atoms. The van der Waals surface area contributed by atoms with Crippen molar-refractivity contribution in [3.63, 3.8) is 0 Å². The minimum atomic E-state index is -1.14. The highest BCUT2D eigenvalue weighted by Gasteiger charge is 2.10. The summed E-state index contributed by atoms with van der Waals surface area (Å²) < 4.78 is 0. The molecular formula is C17H36N2O3S. The van der Waals surface area contributed by atoms with Gasteiger partial charge in [0.05, 0.1) is 6.04 Å². The van der Waals surface area contributed by atoms with Crippen LogP contribution in [0.15, 0.2) is 0 Å². The quantitative estimate of drug-likeness (QED) is 0.168. The number of hydrogen-bond acceptors (Lipinski definition) is 5. The first-order valence-corrected chi connectivity index (χ1v) is 9.71. The van der Waals surface area contributed by atoms with E-state index in [4.69, 9.17) is 15.9 Å². The van der Waals surface area contributed by atoms with Crippen LogP contribution in [0.1, 0.15) is 77.0 Å². The second kappa shape index (κ2) is 16.6. The maximum Gasteiger partial charge on any atom is 0.236 e. The van der Waals surface area contributed by atoms with E-state index in [0.717, 1.165) is 32.2 Å². The van der Waals surface area contributed by atoms with Crippen molar-refractivity contribution in [1.29, 1.82) is 0 Å². The van der Waals surface area contributed by atoms with Crippen LogP contribution in [0.4, 0.5) is 0 Å². The van der Waals surface area contributed by atoms with E-state index >= 15 is 0 Å². The summed E-state index contributed by atoms with van der Waals surface area (Å²) in [7, 11) is 0. The molecule has 0 aliphatic carbocycles. The number of aliphatic hydroxyl groups is 2. The number of carbonyl (C=O) groups is 1. The van der Waals surface area contributed by atoms with Crippen LogP contribution in [0.25, 0.3) is 0 Å². The van der Waals surface area contributed by atoms with Gasteiger partial charge >= 0.3 is 0 Å². The van der Waals surface area contributed by atoms with E-state index in [0.29, 0.717) is 18.6 Å². The molecule has 0 aromatic carbocycles. The van der Waals surface area contributed by atoms with E-state index < -0.39 is 12.3 Å². The molecule has 0 rings (SSSR count). The summed E-state index contributed by atoms with van der Waals surface area (Å²) in [5.74, 6) is 0.575. The number of rotatable bonds is 16. The largest absolute Gasteiger partial charge is 0.368 e. The topological polar surface area (TPSA) is 95.6 Å². The van der Waals surface area contributed by atoms with Gasteiger partial charge in [-0.2, -0.15) is 12.6 Å². The van der Waals surface area contributed by atoms with E-state index in [-0.39, 0.29) is 5.91 Å². The van der Waals surface area contributed by atoms with Crippen molar-refractivity contribution in [2.24, 2.45) is 5.73 Å². The average Bonchev–Trinajstić information content (AvgIpc) is 2.51. The van der Waals surface area contributed by atoms with Crippen molar-refractivity contribution in [3.05, 3.63) is 0 Å². The number of unbranched alkanes of at least 4 members (excludes halogenated alkanes) is 9. The van der Waals surface area contributed by atoms with Crippen molar-refractivity contribution in [2.75, 3.05) is 12.3 Å². The monoisotopic (exact) mass is 348 g/mol. The summed E-state index contributed by atoms with van der Waals surface area (Å²) in [5, 5.41) is 20.3. The van der Waals surface area contributed by atoms with Gasteiger partial charge in [0.2, 0.25) is 5.91 Å². The molecule has 0 spiro atoms. The van der Waals surface area contributed by atoms with Crippen LogP contribution >= 0.6 is 12.6 Å². The third-order valence-corrected chi connectivity index (χ3v) is 4.22. The zero-order chi connectivity index (χ0) is 17.3. The van der Waals surface area contributed by atoms with Gasteiger partial charge in [-0.25, -0.2) is 0 Å². The predicted molar refractivity (Wildman–Crippen MR) is 98.5 cm³/mol. The van der Waals surface area contributed by atoms with Crippen LogP contribution in [0.2, 0.25) is 0 Å². The predicted octanol–water partition coefficient (Wildman–Crippen LogP) is 2.35. The molecule has 0 aliphatic heterocycles. The Bertz CT molecular complexity index is 279. The summed E-state index contributed by atoms with van der Waals surface area (Å²) in [5.41, 5.74) is 5.70. The molecule has 6 heteroatoms. The van der Waals surface area contributed by atoms with E-state index in [1.807, 2.05) is 0 Å². The molecule has 0 aliphatic rings. The molecule has 0 aromatic rings. The Labute approximate surface area is 146 Å². The van der Waals surface area contributed by atoms with Gasteiger partial charge in [-0.3, -0.25) is 4.79 Å². The minimum Gasteiger partial charge on any atom is -0.368 e. The Morgan fingerprint density at radius 1 is 0.870 bits per heavy atom. The zero-order valence-corrected chi connectivity index (χ0v) is 15.3. The van der Waals surface area contributed by atoms with Gasteiger partial charge in [0.25, 0.3) is 0 Å². The van der Waals surface area contributed by atoms with E-state index in [1.165, 1.54) is 38.5 Å². The van der Waals surface area contributed by atoms with E-state index in [1.54, 1.807) is 0 Å². The van der Waals surface area contributed by atoms with Gasteiger partial charge in [-0.15, -0.1) is 0 Å². The molecule has 5 N–H and O–H groups in total. The van der Waals surface area contributed by atoms with Gasteiger partial charge in [-0.05, 0) is 31.4 Å². The zero-order valence-electron chi connectivity index (χ0n) is 14.4. The summed E-state index contributed by atoms with van der Waals surface area (Å²) in [4.78, 5) is 11.6. The molecule has 0 saturated heterocycles. The maximum absolute atomic E-state index is 11.6. The first kappa shape index (κ1) is 22.7. The molecule has 23 heavy (non-hydrogen) atoms.